The molecule has 1 atom stereocenters. The lowest BCUT2D eigenvalue weighted by Crippen LogP contribution is -2.26. The molecule has 3 rings (SSSR count). The first-order valence-corrected chi connectivity index (χ1v) is 10.7. The number of amides is 1. The van der Waals surface area contributed by atoms with Crippen molar-refractivity contribution in [3.63, 3.8) is 0 Å². The maximum Gasteiger partial charge on any atom is 0.266 e. The number of aromatic nitrogens is 2. The first kappa shape index (κ1) is 25.6. The van der Waals surface area contributed by atoms with Gasteiger partial charge in [0.05, 0.1) is 49.2 Å². The van der Waals surface area contributed by atoms with Gasteiger partial charge in [-0.25, -0.2) is 23.1 Å². The number of hydrogen-bond donors (Lipinski definition) is 2. The van der Waals surface area contributed by atoms with E-state index in [9.17, 15) is 22.4 Å². The minimum absolute atomic E-state index is 0.0101. The molecule has 0 aliphatic carbocycles. The largest absolute Gasteiger partial charge is 0.363 e. The van der Waals surface area contributed by atoms with Crippen LogP contribution in [0.15, 0.2) is 30.5 Å². The van der Waals surface area contributed by atoms with E-state index in [0.717, 1.165) is 6.07 Å². The number of halogens is 4. The van der Waals surface area contributed by atoms with Crippen molar-refractivity contribution in [2.75, 3.05) is 25.2 Å². The highest BCUT2D eigenvalue weighted by molar-refractivity contribution is 5.80. The third kappa shape index (κ3) is 6.09. The Hall–Kier alpha value is -3.05. The van der Waals surface area contributed by atoms with Crippen LogP contribution in [0.5, 0.6) is 0 Å². The van der Waals surface area contributed by atoms with Gasteiger partial charge in [-0.05, 0) is 13.8 Å². The molecule has 7 nitrogen and oxygen atoms in total. The van der Waals surface area contributed by atoms with Gasteiger partial charge in [-0.2, -0.15) is 0 Å². The highest BCUT2D eigenvalue weighted by Gasteiger charge is 2.29. The molecular weight excluding hydrogens is 456 g/mol. The molecule has 1 aromatic heterocycles. The molecule has 1 fully saturated rings. The number of ether oxygens (including phenoxy) is 2. The number of alkyl halides is 3. The average molecular weight is 482 g/mol. The monoisotopic (exact) mass is 482 g/mol. The Morgan fingerprint density at radius 3 is 2.56 bits per heavy atom. The standard InChI is InChI=1S/C23H26F4N4O3/c1-12(7-8-24)28-18(32)11-17-19(23-33-9-10-34-23)22(31-14(3)30-17)29-13(2)15-5-4-6-16(20(15)25)21(26)27/h4-6,13,21,23H,1,7-11H2,2-3H3,(H,28,32)(H,29,30,31)/t13-/m1/s1. The van der Waals surface area contributed by atoms with Gasteiger partial charge in [0.15, 0.2) is 6.29 Å². The molecule has 11 heteroatoms. The van der Waals surface area contributed by atoms with Gasteiger partial charge in [-0.15, -0.1) is 0 Å². The van der Waals surface area contributed by atoms with Crippen molar-refractivity contribution >= 4 is 11.7 Å². The summed E-state index contributed by atoms with van der Waals surface area (Å²) in [5.74, 6) is -0.947. The fourth-order valence-corrected chi connectivity index (χ4v) is 3.58. The van der Waals surface area contributed by atoms with Gasteiger partial charge in [-0.1, -0.05) is 24.8 Å². The van der Waals surface area contributed by atoms with Crippen LogP contribution in [0.2, 0.25) is 0 Å². The molecule has 1 aliphatic heterocycles. The Morgan fingerprint density at radius 1 is 1.24 bits per heavy atom. The van der Waals surface area contributed by atoms with Gasteiger partial charge in [0.2, 0.25) is 5.91 Å². The Bertz CT molecular complexity index is 1050. The molecule has 0 bridgehead atoms. The second-order valence-corrected chi connectivity index (χ2v) is 7.74. The van der Waals surface area contributed by atoms with Crippen LogP contribution in [-0.2, 0) is 20.7 Å². The lowest BCUT2D eigenvalue weighted by Gasteiger charge is -2.23. The minimum atomic E-state index is -2.96. The lowest BCUT2D eigenvalue weighted by molar-refractivity contribution is -0.119. The Morgan fingerprint density at radius 2 is 1.91 bits per heavy atom. The number of hydrogen-bond acceptors (Lipinski definition) is 6. The summed E-state index contributed by atoms with van der Waals surface area (Å²) >= 11 is 0. The van der Waals surface area contributed by atoms with E-state index in [0.29, 0.717) is 30.3 Å². The highest BCUT2D eigenvalue weighted by atomic mass is 19.3. The van der Waals surface area contributed by atoms with Crippen LogP contribution in [0.1, 0.15) is 60.3 Å². The molecule has 2 aromatic rings. The van der Waals surface area contributed by atoms with E-state index in [1.54, 1.807) is 13.8 Å². The van der Waals surface area contributed by atoms with Crippen LogP contribution >= 0.6 is 0 Å². The van der Waals surface area contributed by atoms with Crippen molar-refractivity contribution in [2.24, 2.45) is 0 Å². The molecule has 2 heterocycles. The van der Waals surface area contributed by atoms with E-state index in [4.69, 9.17) is 9.47 Å². The third-order valence-corrected chi connectivity index (χ3v) is 5.15. The molecule has 1 aliphatic rings. The predicted molar refractivity (Wildman–Crippen MR) is 116 cm³/mol. The molecule has 1 aromatic carbocycles. The highest BCUT2D eigenvalue weighted by Crippen LogP contribution is 2.34. The van der Waals surface area contributed by atoms with E-state index >= 15 is 0 Å². The lowest BCUT2D eigenvalue weighted by atomic mass is 10.0. The second kappa shape index (κ2) is 11.4. The van der Waals surface area contributed by atoms with Crippen molar-refractivity contribution in [2.45, 2.75) is 45.4 Å². The van der Waals surface area contributed by atoms with E-state index in [-0.39, 0.29) is 29.9 Å². The van der Waals surface area contributed by atoms with Gasteiger partial charge in [0.25, 0.3) is 6.43 Å². The van der Waals surface area contributed by atoms with Crippen molar-refractivity contribution in [1.29, 1.82) is 0 Å². The summed E-state index contributed by atoms with van der Waals surface area (Å²) in [5, 5.41) is 5.55. The molecule has 34 heavy (non-hydrogen) atoms. The van der Waals surface area contributed by atoms with Gasteiger partial charge >= 0.3 is 0 Å². The molecule has 0 radical (unpaired) electrons. The van der Waals surface area contributed by atoms with Crippen molar-refractivity contribution < 1.29 is 31.8 Å². The molecule has 0 saturated carbocycles. The summed E-state index contributed by atoms with van der Waals surface area (Å²) in [6.45, 7) is 6.76. The van der Waals surface area contributed by atoms with Crippen molar-refractivity contribution in [3.05, 3.63) is 64.5 Å². The average Bonchev–Trinajstić information content (AvgIpc) is 3.27. The molecule has 2 N–H and O–H groups in total. The Balaban J connectivity index is 1.95. The molecule has 1 saturated heterocycles. The number of anilines is 1. The predicted octanol–water partition coefficient (Wildman–Crippen LogP) is 4.61. The van der Waals surface area contributed by atoms with Crippen molar-refractivity contribution in [3.8, 4) is 0 Å². The maximum absolute atomic E-state index is 14.7. The van der Waals surface area contributed by atoms with Crippen LogP contribution in [0.3, 0.4) is 0 Å². The van der Waals surface area contributed by atoms with Crippen molar-refractivity contribution in [1.82, 2.24) is 15.3 Å². The van der Waals surface area contributed by atoms with Gasteiger partial charge in [0.1, 0.15) is 17.5 Å². The first-order valence-electron chi connectivity index (χ1n) is 10.7. The molecule has 0 spiro atoms. The molecule has 1 amide bonds. The quantitative estimate of drug-likeness (QED) is 0.481. The zero-order chi connectivity index (χ0) is 24.8. The van der Waals surface area contributed by atoms with Crippen LogP contribution in [0, 0.1) is 12.7 Å². The zero-order valence-corrected chi connectivity index (χ0v) is 18.8. The number of carbonyl (C=O) groups is 1. The summed E-state index contributed by atoms with van der Waals surface area (Å²) in [4.78, 5) is 21.2. The van der Waals surface area contributed by atoms with E-state index < -0.39 is 42.7 Å². The number of nitrogens with one attached hydrogen (secondary N) is 2. The van der Waals surface area contributed by atoms with Crippen LogP contribution in [-0.4, -0.2) is 35.8 Å². The fraction of sp³-hybridized carbons (Fsp3) is 0.435. The summed E-state index contributed by atoms with van der Waals surface area (Å²) < 4.78 is 64.7. The summed E-state index contributed by atoms with van der Waals surface area (Å²) in [7, 11) is 0. The zero-order valence-electron chi connectivity index (χ0n) is 18.8. The molecule has 0 unspecified atom stereocenters. The van der Waals surface area contributed by atoms with Gasteiger partial charge in [0, 0.05) is 17.7 Å². The summed E-state index contributed by atoms with van der Waals surface area (Å²) in [6.07, 6.45) is -4.05. The third-order valence-electron chi connectivity index (χ3n) is 5.15. The Kier molecular flexibility index (Phi) is 8.56. The van der Waals surface area contributed by atoms with E-state index in [2.05, 4.69) is 27.2 Å². The van der Waals surface area contributed by atoms with Crippen LogP contribution in [0.25, 0.3) is 0 Å². The van der Waals surface area contributed by atoms with Crippen LogP contribution in [0.4, 0.5) is 23.4 Å². The number of nitrogens with zero attached hydrogens (tertiary/aromatic N) is 2. The Labute approximate surface area is 194 Å². The number of rotatable bonds is 10. The van der Waals surface area contributed by atoms with Crippen LogP contribution < -0.4 is 10.6 Å². The topological polar surface area (TPSA) is 85.4 Å². The fourth-order valence-electron chi connectivity index (χ4n) is 3.58. The minimum Gasteiger partial charge on any atom is -0.363 e. The van der Waals surface area contributed by atoms with E-state index in [1.165, 1.54) is 12.1 Å². The van der Waals surface area contributed by atoms with Gasteiger partial charge in [-0.3, -0.25) is 9.18 Å². The maximum atomic E-state index is 14.7. The molecule has 184 valence electrons. The summed E-state index contributed by atoms with van der Waals surface area (Å²) in [6, 6.07) is 3.02. The number of benzene rings is 1. The number of aryl methyl sites for hydroxylation is 1. The smallest absolute Gasteiger partial charge is 0.266 e. The SMILES string of the molecule is C=C(CCF)NC(=O)Cc1nc(C)nc(N[C@H](C)c2cccc(C(F)F)c2F)c1C1OCCO1. The number of carbonyl (C=O) groups excluding carboxylic acids is 1. The second-order valence-electron chi connectivity index (χ2n) is 7.74. The number of allylic oxidation sites excluding steroid dienone is 1. The van der Waals surface area contributed by atoms with Gasteiger partial charge < -0.3 is 20.1 Å². The van der Waals surface area contributed by atoms with E-state index in [1.807, 2.05) is 0 Å². The first-order chi connectivity index (χ1) is 16.2. The normalized spacial score (nSPS) is 14.9. The molecular formula is C23H26F4N4O3. The summed E-state index contributed by atoms with van der Waals surface area (Å²) in [5.41, 5.74) is 0.191.